The molecule has 9 nitrogen and oxygen atoms in total. The van der Waals surface area contributed by atoms with Gasteiger partial charge in [0.25, 0.3) is 5.91 Å². The predicted molar refractivity (Wildman–Crippen MR) is 58.6 cm³/mol. The lowest BCUT2D eigenvalue weighted by atomic mass is 9.85. The van der Waals surface area contributed by atoms with Gasteiger partial charge in [-0.1, -0.05) is 0 Å². The standard InChI is InChI=1S/C9H13N5O4/c1-9(7(16)17)3-18-2-4(9)11-6(15)5-12-8(10)14-13-5/h4H,2-3H2,1H3,(H,11,15)(H,16,17)(H3,10,12,13,14). The maximum atomic E-state index is 11.8. The van der Waals surface area contributed by atoms with E-state index in [0.29, 0.717) is 0 Å². The highest BCUT2D eigenvalue weighted by Gasteiger charge is 2.47. The van der Waals surface area contributed by atoms with E-state index in [1.807, 2.05) is 0 Å². The zero-order valence-electron chi connectivity index (χ0n) is 9.64. The van der Waals surface area contributed by atoms with E-state index in [1.165, 1.54) is 6.92 Å². The number of nitrogen functional groups attached to an aromatic ring is 1. The SMILES string of the molecule is CC1(C(=O)O)COCC1NC(=O)c1nc(N)n[nH]1. The van der Waals surface area contributed by atoms with Crippen molar-refractivity contribution in [2.75, 3.05) is 18.9 Å². The van der Waals surface area contributed by atoms with Gasteiger partial charge in [0.2, 0.25) is 11.8 Å². The zero-order chi connectivity index (χ0) is 13.3. The van der Waals surface area contributed by atoms with E-state index in [4.69, 9.17) is 15.6 Å². The van der Waals surface area contributed by atoms with Crippen LogP contribution >= 0.6 is 0 Å². The molecule has 0 aromatic carbocycles. The molecule has 1 saturated heterocycles. The van der Waals surface area contributed by atoms with E-state index >= 15 is 0 Å². The Kier molecular flexibility index (Phi) is 2.91. The van der Waals surface area contributed by atoms with Gasteiger partial charge in [0.1, 0.15) is 5.41 Å². The molecule has 1 aliphatic heterocycles. The van der Waals surface area contributed by atoms with Crippen LogP contribution in [-0.2, 0) is 9.53 Å². The molecule has 9 heteroatoms. The topological polar surface area (TPSA) is 143 Å². The van der Waals surface area contributed by atoms with Crippen LogP contribution in [0.15, 0.2) is 0 Å². The second-order valence-electron chi connectivity index (χ2n) is 4.31. The molecule has 2 heterocycles. The van der Waals surface area contributed by atoms with E-state index in [-0.39, 0.29) is 25.0 Å². The van der Waals surface area contributed by atoms with Crippen LogP contribution < -0.4 is 11.1 Å². The van der Waals surface area contributed by atoms with Gasteiger partial charge < -0.3 is 20.9 Å². The number of aliphatic carboxylic acids is 1. The summed E-state index contributed by atoms with van der Waals surface area (Å²) in [5.41, 5.74) is 4.12. The lowest BCUT2D eigenvalue weighted by molar-refractivity contribution is -0.148. The van der Waals surface area contributed by atoms with Crippen LogP contribution in [0.1, 0.15) is 17.5 Å². The van der Waals surface area contributed by atoms with Crippen LogP contribution in [0.25, 0.3) is 0 Å². The Morgan fingerprint density at radius 3 is 2.94 bits per heavy atom. The number of carboxylic acids is 1. The minimum absolute atomic E-state index is 0.0474. The molecule has 0 spiro atoms. The molecule has 18 heavy (non-hydrogen) atoms. The Balaban J connectivity index is 2.10. The molecule has 1 aliphatic rings. The van der Waals surface area contributed by atoms with Crippen molar-refractivity contribution < 1.29 is 19.4 Å². The highest BCUT2D eigenvalue weighted by molar-refractivity contribution is 5.91. The third-order valence-corrected chi connectivity index (χ3v) is 2.97. The van der Waals surface area contributed by atoms with E-state index in [9.17, 15) is 9.59 Å². The number of nitrogens with zero attached hydrogens (tertiary/aromatic N) is 2. The first kappa shape index (κ1) is 12.3. The summed E-state index contributed by atoms with van der Waals surface area (Å²) in [7, 11) is 0. The number of rotatable bonds is 3. The average molecular weight is 255 g/mol. The Hall–Kier alpha value is -2.16. The second-order valence-corrected chi connectivity index (χ2v) is 4.31. The minimum Gasteiger partial charge on any atom is -0.481 e. The third kappa shape index (κ3) is 1.99. The molecule has 2 atom stereocenters. The van der Waals surface area contributed by atoms with Crippen LogP contribution in [0.4, 0.5) is 5.95 Å². The predicted octanol–water partition coefficient (Wildman–Crippen LogP) is -1.39. The Labute approximate surface area is 102 Å². The molecule has 0 aliphatic carbocycles. The molecule has 5 N–H and O–H groups in total. The number of anilines is 1. The van der Waals surface area contributed by atoms with Crippen molar-refractivity contribution >= 4 is 17.8 Å². The molecule has 2 unspecified atom stereocenters. The summed E-state index contributed by atoms with van der Waals surface area (Å²) in [6, 6.07) is -0.631. The number of carbonyl (C=O) groups excluding carboxylic acids is 1. The number of carbonyl (C=O) groups is 2. The van der Waals surface area contributed by atoms with E-state index in [0.717, 1.165) is 0 Å². The van der Waals surface area contributed by atoms with Gasteiger partial charge in [-0.3, -0.25) is 14.7 Å². The lowest BCUT2D eigenvalue weighted by Gasteiger charge is -2.24. The molecule has 1 fully saturated rings. The van der Waals surface area contributed by atoms with E-state index < -0.39 is 23.3 Å². The number of aromatic amines is 1. The Morgan fingerprint density at radius 1 is 1.67 bits per heavy atom. The van der Waals surface area contributed by atoms with Crippen molar-refractivity contribution in [3.8, 4) is 0 Å². The Morgan fingerprint density at radius 2 is 2.39 bits per heavy atom. The first-order valence-electron chi connectivity index (χ1n) is 5.23. The number of nitrogens with two attached hydrogens (primary N) is 1. The fourth-order valence-electron chi connectivity index (χ4n) is 1.69. The number of aromatic nitrogens is 3. The molecule has 0 radical (unpaired) electrons. The van der Waals surface area contributed by atoms with Crippen molar-refractivity contribution in [2.24, 2.45) is 5.41 Å². The van der Waals surface area contributed by atoms with Gasteiger partial charge in [-0.25, -0.2) is 0 Å². The number of hydrogen-bond acceptors (Lipinski definition) is 6. The monoisotopic (exact) mass is 255 g/mol. The smallest absolute Gasteiger partial charge is 0.313 e. The van der Waals surface area contributed by atoms with E-state index in [2.05, 4.69) is 20.5 Å². The molecular weight excluding hydrogens is 242 g/mol. The fourth-order valence-corrected chi connectivity index (χ4v) is 1.69. The maximum absolute atomic E-state index is 11.8. The van der Waals surface area contributed by atoms with E-state index in [1.54, 1.807) is 0 Å². The molecule has 2 rings (SSSR count). The van der Waals surface area contributed by atoms with Crippen LogP contribution in [0.5, 0.6) is 0 Å². The summed E-state index contributed by atoms with van der Waals surface area (Å²) in [5.74, 6) is -1.71. The third-order valence-electron chi connectivity index (χ3n) is 2.97. The summed E-state index contributed by atoms with van der Waals surface area (Å²) in [4.78, 5) is 26.6. The maximum Gasteiger partial charge on any atom is 0.313 e. The van der Waals surface area contributed by atoms with Crippen molar-refractivity contribution in [1.82, 2.24) is 20.5 Å². The van der Waals surface area contributed by atoms with Gasteiger partial charge >= 0.3 is 5.97 Å². The van der Waals surface area contributed by atoms with Gasteiger partial charge in [-0.15, -0.1) is 5.10 Å². The van der Waals surface area contributed by atoms with Gasteiger partial charge in [0.05, 0.1) is 19.3 Å². The number of H-pyrrole nitrogens is 1. The summed E-state index contributed by atoms with van der Waals surface area (Å²) < 4.78 is 5.11. The summed E-state index contributed by atoms with van der Waals surface area (Å²) >= 11 is 0. The van der Waals surface area contributed by atoms with Crippen molar-refractivity contribution in [3.05, 3.63) is 5.82 Å². The van der Waals surface area contributed by atoms with Gasteiger partial charge in [0.15, 0.2) is 0 Å². The first-order chi connectivity index (χ1) is 8.43. The molecule has 1 aromatic rings. The molecule has 0 saturated carbocycles. The van der Waals surface area contributed by atoms with Crippen molar-refractivity contribution in [1.29, 1.82) is 0 Å². The second kappa shape index (κ2) is 4.26. The molecule has 1 amide bonds. The zero-order valence-corrected chi connectivity index (χ0v) is 9.64. The number of amides is 1. The number of hydrogen-bond donors (Lipinski definition) is 4. The van der Waals surface area contributed by atoms with Crippen LogP contribution in [0.3, 0.4) is 0 Å². The van der Waals surface area contributed by atoms with Crippen LogP contribution in [-0.4, -0.2) is 51.4 Å². The summed E-state index contributed by atoms with van der Waals surface area (Å²) in [6.45, 7) is 1.70. The largest absolute Gasteiger partial charge is 0.481 e. The van der Waals surface area contributed by atoms with Gasteiger partial charge in [-0.05, 0) is 6.92 Å². The first-order valence-corrected chi connectivity index (χ1v) is 5.23. The molecule has 1 aromatic heterocycles. The highest BCUT2D eigenvalue weighted by Crippen LogP contribution is 2.28. The minimum atomic E-state index is -1.15. The van der Waals surface area contributed by atoms with Crippen LogP contribution in [0.2, 0.25) is 0 Å². The quantitative estimate of drug-likeness (QED) is 0.520. The van der Waals surface area contributed by atoms with Gasteiger partial charge in [-0.2, -0.15) is 4.98 Å². The summed E-state index contributed by atoms with van der Waals surface area (Å²) in [6.07, 6.45) is 0. The molecule has 98 valence electrons. The average Bonchev–Trinajstić information content (AvgIpc) is 2.87. The van der Waals surface area contributed by atoms with Crippen molar-refractivity contribution in [2.45, 2.75) is 13.0 Å². The molecule has 0 bridgehead atoms. The van der Waals surface area contributed by atoms with Gasteiger partial charge in [0, 0.05) is 0 Å². The van der Waals surface area contributed by atoms with Crippen LogP contribution in [0, 0.1) is 5.41 Å². The fraction of sp³-hybridized carbons (Fsp3) is 0.556. The number of nitrogens with one attached hydrogen (secondary N) is 2. The summed E-state index contributed by atoms with van der Waals surface area (Å²) in [5, 5.41) is 17.6. The normalized spacial score (nSPS) is 27.1. The highest BCUT2D eigenvalue weighted by atomic mass is 16.5. The number of ether oxygens (including phenoxy) is 1. The Bertz CT molecular complexity index is 487. The van der Waals surface area contributed by atoms with Crippen molar-refractivity contribution in [3.63, 3.8) is 0 Å². The molecular formula is C9H13N5O4. The number of carboxylic acid groups (broad SMARTS) is 1. The lowest BCUT2D eigenvalue weighted by Crippen LogP contribution is -2.49.